The molecule has 1 heterocycles. The third-order valence-electron chi connectivity index (χ3n) is 2.42. The zero-order valence-corrected chi connectivity index (χ0v) is 9.73. The van der Waals surface area contributed by atoms with Crippen LogP contribution < -0.4 is 4.74 Å². The van der Waals surface area contributed by atoms with Crippen LogP contribution in [0, 0.1) is 0 Å². The summed E-state index contributed by atoms with van der Waals surface area (Å²) in [5.74, 6) is 0.410. The summed E-state index contributed by atoms with van der Waals surface area (Å²) < 4.78 is 9.93. The number of aromatic amines is 1. The van der Waals surface area contributed by atoms with Crippen molar-refractivity contribution in [1.82, 2.24) is 4.98 Å². The molecule has 2 rings (SSSR count). The van der Waals surface area contributed by atoms with Crippen molar-refractivity contribution in [2.75, 3.05) is 6.61 Å². The van der Waals surface area contributed by atoms with Gasteiger partial charge in [0.1, 0.15) is 0 Å². The van der Waals surface area contributed by atoms with E-state index in [2.05, 4.69) is 4.98 Å². The second kappa shape index (κ2) is 5.39. The number of aromatic nitrogens is 1. The van der Waals surface area contributed by atoms with E-state index in [0.717, 1.165) is 23.7 Å². The number of rotatable bonds is 4. The van der Waals surface area contributed by atoms with Gasteiger partial charge in [-0.05, 0) is 12.5 Å². The van der Waals surface area contributed by atoms with Crippen molar-refractivity contribution in [2.45, 2.75) is 19.8 Å². The molecule has 0 atom stereocenters. The molecule has 0 aliphatic heterocycles. The summed E-state index contributed by atoms with van der Waals surface area (Å²) in [6.07, 6.45) is 1.17. The SMILES string of the molecule is CCCCOC(=O)Oc1cc2ccccc2[nH]1. The summed E-state index contributed by atoms with van der Waals surface area (Å²) in [6.45, 7) is 2.43. The number of benzene rings is 1. The van der Waals surface area contributed by atoms with Crippen molar-refractivity contribution in [3.05, 3.63) is 30.3 Å². The van der Waals surface area contributed by atoms with Crippen LogP contribution in [-0.2, 0) is 4.74 Å². The van der Waals surface area contributed by atoms with E-state index < -0.39 is 6.16 Å². The van der Waals surface area contributed by atoms with E-state index >= 15 is 0 Å². The smallest absolute Gasteiger partial charge is 0.434 e. The number of unbranched alkanes of at least 4 members (excludes halogenated alkanes) is 1. The molecular weight excluding hydrogens is 218 g/mol. The van der Waals surface area contributed by atoms with E-state index in [-0.39, 0.29) is 0 Å². The molecule has 17 heavy (non-hydrogen) atoms. The molecule has 90 valence electrons. The lowest BCUT2D eigenvalue weighted by molar-refractivity contribution is 0.0966. The fourth-order valence-electron chi connectivity index (χ4n) is 1.52. The van der Waals surface area contributed by atoms with Gasteiger partial charge < -0.3 is 14.5 Å². The number of hydrogen-bond donors (Lipinski definition) is 1. The first kappa shape index (κ1) is 11.5. The Balaban J connectivity index is 1.96. The van der Waals surface area contributed by atoms with Gasteiger partial charge in [0.2, 0.25) is 5.88 Å². The highest BCUT2D eigenvalue weighted by Crippen LogP contribution is 2.20. The van der Waals surface area contributed by atoms with Crippen molar-refractivity contribution in [1.29, 1.82) is 0 Å². The van der Waals surface area contributed by atoms with Crippen molar-refractivity contribution >= 4 is 17.1 Å². The second-order valence-corrected chi connectivity index (χ2v) is 3.77. The molecule has 1 N–H and O–H groups in total. The molecule has 0 radical (unpaired) electrons. The van der Waals surface area contributed by atoms with Crippen molar-refractivity contribution < 1.29 is 14.3 Å². The zero-order chi connectivity index (χ0) is 12.1. The summed E-state index contributed by atoms with van der Waals surface area (Å²) in [7, 11) is 0. The standard InChI is InChI=1S/C13H15NO3/c1-2-3-8-16-13(15)17-12-9-10-6-4-5-7-11(10)14-12/h4-7,9,14H,2-3,8H2,1H3. The number of ether oxygens (including phenoxy) is 2. The monoisotopic (exact) mass is 233 g/mol. The number of hydrogen-bond acceptors (Lipinski definition) is 3. The van der Waals surface area contributed by atoms with E-state index in [4.69, 9.17) is 9.47 Å². The Morgan fingerprint density at radius 3 is 2.94 bits per heavy atom. The van der Waals surface area contributed by atoms with Gasteiger partial charge in [-0.2, -0.15) is 0 Å². The maximum atomic E-state index is 11.3. The van der Waals surface area contributed by atoms with Gasteiger partial charge in [0.05, 0.1) is 6.61 Å². The topological polar surface area (TPSA) is 51.3 Å². The lowest BCUT2D eigenvalue weighted by Crippen LogP contribution is -2.11. The number of para-hydroxylation sites is 1. The highest BCUT2D eigenvalue weighted by Gasteiger charge is 2.08. The van der Waals surface area contributed by atoms with Crippen LogP contribution in [0.4, 0.5) is 4.79 Å². The van der Waals surface area contributed by atoms with Crippen LogP contribution in [0.25, 0.3) is 10.9 Å². The Morgan fingerprint density at radius 1 is 1.35 bits per heavy atom. The Labute approximate surface area is 99.5 Å². The summed E-state index contributed by atoms with van der Waals surface area (Å²) in [4.78, 5) is 14.3. The Hall–Kier alpha value is -1.97. The molecule has 1 aromatic heterocycles. The number of H-pyrrole nitrogens is 1. The molecule has 0 aliphatic rings. The van der Waals surface area contributed by atoms with Crippen LogP contribution in [0.2, 0.25) is 0 Å². The average Bonchev–Trinajstić information content (AvgIpc) is 2.71. The molecule has 4 nitrogen and oxygen atoms in total. The van der Waals surface area contributed by atoms with Crippen LogP contribution in [0.3, 0.4) is 0 Å². The van der Waals surface area contributed by atoms with E-state index in [0.29, 0.717) is 12.5 Å². The zero-order valence-electron chi connectivity index (χ0n) is 9.73. The molecule has 0 aliphatic carbocycles. The van der Waals surface area contributed by atoms with Crippen LogP contribution in [0.5, 0.6) is 5.88 Å². The lowest BCUT2D eigenvalue weighted by atomic mass is 10.3. The highest BCUT2D eigenvalue weighted by molar-refractivity contribution is 5.82. The largest absolute Gasteiger partial charge is 0.515 e. The quantitative estimate of drug-likeness (QED) is 0.649. The van der Waals surface area contributed by atoms with Gasteiger partial charge in [0.15, 0.2) is 0 Å². The maximum absolute atomic E-state index is 11.3. The van der Waals surface area contributed by atoms with Gasteiger partial charge in [-0.25, -0.2) is 4.79 Å². The number of carbonyl (C=O) groups is 1. The van der Waals surface area contributed by atoms with Crippen LogP contribution >= 0.6 is 0 Å². The maximum Gasteiger partial charge on any atom is 0.515 e. The third-order valence-corrected chi connectivity index (χ3v) is 2.42. The van der Waals surface area contributed by atoms with Gasteiger partial charge >= 0.3 is 6.16 Å². The van der Waals surface area contributed by atoms with E-state index in [1.807, 2.05) is 31.2 Å². The molecular formula is C13H15NO3. The Bertz CT molecular complexity index is 471. The Morgan fingerprint density at radius 2 is 2.18 bits per heavy atom. The molecule has 0 saturated heterocycles. The minimum atomic E-state index is -0.662. The number of fused-ring (bicyclic) bond motifs is 1. The predicted octanol–water partition coefficient (Wildman–Crippen LogP) is 3.48. The molecule has 0 fully saturated rings. The first-order valence-corrected chi connectivity index (χ1v) is 5.72. The fourth-order valence-corrected chi connectivity index (χ4v) is 1.52. The van der Waals surface area contributed by atoms with Crippen LogP contribution in [0.15, 0.2) is 30.3 Å². The number of nitrogens with one attached hydrogen (secondary N) is 1. The molecule has 2 aromatic rings. The van der Waals surface area contributed by atoms with Gasteiger partial charge in [0.25, 0.3) is 0 Å². The predicted molar refractivity (Wildman–Crippen MR) is 65.2 cm³/mol. The van der Waals surface area contributed by atoms with Crippen molar-refractivity contribution in [2.24, 2.45) is 0 Å². The normalized spacial score (nSPS) is 10.4. The van der Waals surface area contributed by atoms with Gasteiger partial charge in [-0.15, -0.1) is 0 Å². The van der Waals surface area contributed by atoms with Crippen LogP contribution in [0.1, 0.15) is 19.8 Å². The van der Waals surface area contributed by atoms with Gasteiger partial charge in [0, 0.05) is 17.0 Å². The van der Waals surface area contributed by atoms with E-state index in [1.54, 1.807) is 6.07 Å². The molecule has 0 unspecified atom stereocenters. The molecule has 4 heteroatoms. The summed E-state index contributed by atoms with van der Waals surface area (Å²) >= 11 is 0. The van der Waals surface area contributed by atoms with Crippen LogP contribution in [-0.4, -0.2) is 17.7 Å². The minimum absolute atomic E-state index is 0.398. The third kappa shape index (κ3) is 3.00. The summed E-state index contributed by atoms with van der Waals surface area (Å²) in [5.41, 5.74) is 0.934. The van der Waals surface area contributed by atoms with Gasteiger partial charge in [-0.1, -0.05) is 31.5 Å². The molecule has 0 saturated carbocycles. The van der Waals surface area contributed by atoms with Crippen molar-refractivity contribution in [3.63, 3.8) is 0 Å². The summed E-state index contributed by atoms with van der Waals surface area (Å²) in [6, 6.07) is 9.49. The highest BCUT2D eigenvalue weighted by atomic mass is 16.7. The molecule has 0 bridgehead atoms. The minimum Gasteiger partial charge on any atom is -0.434 e. The lowest BCUT2D eigenvalue weighted by Gasteiger charge is -2.02. The summed E-state index contributed by atoms with van der Waals surface area (Å²) in [5, 5.41) is 1.00. The average molecular weight is 233 g/mol. The van der Waals surface area contributed by atoms with E-state index in [1.165, 1.54) is 0 Å². The molecule has 0 spiro atoms. The van der Waals surface area contributed by atoms with Gasteiger partial charge in [-0.3, -0.25) is 0 Å². The first-order valence-electron chi connectivity index (χ1n) is 5.72. The molecule has 0 amide bonds. The molecule has 1 aromatic carbocycles. The fraction of sp³-hybridized carbons (Fsp3) is 0.308. The second-order valence-electron chi connectivity index (χ2n) is 3.77. The van der Waals surface area contributed by atoms with E-state index in [9.17, 15) is 4.79 Å². The first-order chi connectivity index (χ1) is 8.29. The van der Waals surface area contributed by atoms with Crippen molar-refractivity contribution in [3.8, 4) is 5.88 Å². The Kier molecular flexibility index (Phi) is 3.65. The number of carbonyl (C=O) groups excluding carboxylic acids is 1.